The number of aryl methyl sites for hydroxylation is 2. The quantitative estimate of drug-likeness (QED) is 0.823. The number of benzene rings is 2. The van der Waals surface area contributed by atoms with Gasteiger partial charge in [-0.15, -0.1) is 0 Å². The molecule has 3 N–H and O–H groups in total. The summed E-state index contributed by atoms with van der Waals surface area (Å²) in [5.74, 6) is 0.0114. The van der Waals surface area contributed by atoms with E-state index in [-0.39, 0.29) is 5.91 Å². The smallest absolute Gasteiger partial charge is 0.238 e. The molecule has 126 valence electrons. The molecule has 0 heterocycles. The zero-order valence-corrected chi connectivity index (χ0v) is 14.0. The predicted octanol–water partition coefficient (Wildman–Crippen LogP) is 2.57. The van der Waals surface area contributed by atoms with Gasteiger partial charge in [-0.2, -0.15) is 0 Å². The summed E-state index contributed by atoms with van der Waals surface area (Å²) >= 11 is 0. The Bertz CT molecular complexity index is 685. The number of nitrogens with one attached hydrogen (secondary N) is 1. The highest BCUT2D eigenvalue weighted by atomic mass is 16.2. The standard InChI is InChI=1S/C20H25N3O/c21-11-12-23(14-16-5-2-1-3-6-16)15-20(24)22-19-10-9-17-7-4-8-18(17)13-19/h1-3,5-6,9-10,13H,4,7-8,11-12,14-15,21H2,(H,22,24). The molecule has 0 unspecified atom stereocenters. The highest BCUT2D eigenvalue weighted by Gasteiger charge is 2.14. The molecule has 4 heteroatoms. The van der Waals surface area contributed by atoms with Crippen LogP contribution in [0.1, 0.15) is 23.1 Å². The van der Waals surface area contributed by atoms with Gasteiger partial charge in [0, 0.05) is 25.3 Å². The van der Waals surface area contributed by atoms with Crippen LogP contribution in [0.25, 0.3) is 0 Å². The van der Waals surface area contributed by atoms with Crippen molar-refractivity contribution in [3.05, 3.63) is 65.2 Å². The molecule has 2 aromatic carbocycles. The van der Waals surface area contributed by atoms with Gasteiger partial charge in [-0.1, -0.05) is 36.4 Å². The van der Waals surface area contributed by atoms with E-state index in [0.717, 1.165) is 25.1 Å². The Morgan fingerprint density at radius 2 is 1.88 bits per heavy atom. The third kappa shape index (κ3) is 4.43. The fraction of sp³-hybridized carbons (Fsp3) is 0.350. The van der Waals surface area contributed by atoms with E-state index in [1.54, 1.807) is 0 Å². The number of rotatable bonds is 7. The van der Waals surface area contributed by atoms with Crippen molar-refractivity contribution >= 4 is 11.6 Å². The number of carbonyl (C=O) groups excluding carboxylic acids is 1. The number of nitrogens with two attached hydrogens (primary N) is 1. The molecule has 2 aromatic rings. The minimum absolute atomic E-state index is 0.0114. The number of hydrogen-bond donors (Lipinski definition) is 2. The molecule has 0 fully saturated rings. The Kier molecular flexibility index (Phi) is 5.62. The molecule has 0 spiro atoms. The molecule has 1 amide bonds. The van der Waals surface area contributed by atoms with Gasteiger partial charge in [-0.3, -0.25) is 9.69 Å². The Hall–Kier alpha value is -2.17. The van der Waals surface area contributed by atoms with Crippen LogP contribution in [0.4, 0.5) is 5.69 Å². The van der Waals surface area contributed by atoms with Crippen molar-refractivity contribution in [1.82, 2.24) is 4.90 Å². The Morgan fingerprint density at radius 1 is 1.08 bits per heavy atom. The molecule has 0 atom stereocenters. The molecule has 4 nitrogen and oxygen atoms in total. The van der Waals surface area contributed by atoms with Crippen LogP contribution in [0.15, 0.2) is 48.5 Å². The van der Waals surface area contributed by atoms with Crippen LogP contribution in [0.3, 0.4) is 0 Å². The third-order valence-corrected chi connectivity index (χ3v) is 4.44. The molecule has 24 heavy (non-hydrogen) atoms. The van der Waals surface area contributed by atoms with Crippen molar-refractivity contribution < 1.29 is 4.79 Å². The van der Waals surface area contributed by atoms with Gasteiger partial charge >= 0.3 is 0 Å². The highest BCUT2D eigenvalue weighted by Crippen LogP contribution is 2.24. The van der Waals surface area contributed by atoms with Crippen molar-refractivity contribution in [1.29, 1.82) is 0 Å². The van der Waals surface area contributed by atoms with E-state index in [9.17, 15) is 4.79 Å². The van der Waals surface area contributed by atoms with Gasteiger partial charge in [-0.25, -0.2) is 0 Å². The SMILES string of the molecule is NCCN(CC(=O)Nc1ccc2c(c1)CCC2)Cc1ccccc1. The first-order valence-electron chi connectivity index (χ1n) is 8.62. The van der Waals surface area contributed by atoms with Gasteiger partial charge in [0.1, 0.15) is 0 Å². The normalized spacial score (nSPS) is 13.1. The van der Waals surface area contributed by atoms with Crippen LogP contribution < -0.4 is 11.1 Å². The van der Waals surface area contributed by atoms with Crippen molar-refractivity contribution in [2.24, 2.45) is 5.73 Å². The third-order valence-electron chi connectivity index (χ3n) is 4.44. The van der Waals surface area contributed by atoms with E-state index in [4.69, 9.17) is 5.73 Å². The van der Waals surface area contributed by atoms with E-state index in [0.29, 0.717) is 19.6 Å². The maximum absolute atomic E-state index is 12.4. The number of hydrogen-bond acceptors (Lipinski definition) is 3. The molecular formula is C20H25N3O. The average molecular weight is 323 g/mol. The second-order valence-electron chi connectivity index (χ2n) is 6.37. The van der Waals surface area contributed by atoms with Crippen molar-refractivity contribution in [3.63, 3.8) is 0 Å². The van der Waals surface area contributed by atoms with E-state index in [1.165, 1.54) is 23.1 Å². The first-order valence-corrected chi connectivity index (χ1v) is 8.62. The second-order valence-corrected chi connectivity index (χ2v) is 6.37. The van der Waals surface area contributed by atoms with Gasteiger partial charge < -0.3 is 11.1 Å². The van der Waals surface area contributed by atoms with Crippen LogP contribution in [0.5, 0.6) is 0 Å². The Morgan fingerprint density at radius 3 is 2.67 bits per heavy atom. The lowest BCUT2D eigenvalue weighted by Gasteiger charge is -2.21. The van der Waals surface area contributed by atoms with Gasteiger partial charge in [-0.05, 0) is 48.1 Å². The lowest BCUT2D eigenvalue weighted by Crippen LogP contribution is -2.36. The molecular weight excluding hydrogens is 298 g/mol. The summed E-state index contributed by atoms with van der Waals surface area (Å²) in [7, 11) is 0. The van der Waals surface area contributed by atoms with E-state index in [1.807, 2.05) is 24.3 Å². The second kappa shape index (κ2) is 8.08. The molecule has 0 aliphatic heterocycles. The van der Waals surface area contributed by atoms with Crippen LogP contribution >= 0.6 is 0 Å². The fourth-order valence-corrected chi connectivity index (χ4v) is 3.29. The van der Waals surface area contributed by atoms with Crippen LogP contribution in [0.2, 0.25) is 0 Å². The van der Waals surface area contributed by atoms with Gasteiger partial charge in [0.2, 0.25) is 5.91 Å². The van der Waals surface area contributed by atoms with E-state index < -0.39 is 0 Å². The summed E-state index contributed by atoms with van der Waals surface area (Å²) in [4.78, 5) is 14.5. The number of fused-ring (bicyclic) bond motifs is 1. The molecule has 0 aromatic heterocycles. The summed E-state index contributed by atoms with van der Waals surface area (Å²) in [5, 5.41) is 3.02. The molecule has 0 saturated heterocycles. The Balaban J connectivity index is 1.59. The Labute approximate surface area is 143 Å². The van der Waals surface area contributed by atoms with Crippen molar-refractivity contribution in [2.45, 2.75) is 25.8 Å². The maximum atomic E-state index is 12.4. The summed E-state index contributed by atoms with van der Waals surface area (Å²) in [5.41, 5.74) is 10.6. The zero-order valence-electron chi connectivity index (χ0n) is 14.0. The molecule has 0 bridgehead atoms. The number of anilines is 1. The first kappa shape index (κ1) is 16.7. The molecule has 0 saturated carbocycles. The summed E-state index contributed by atoms with van der Waals surface area (Å²) in [6.07, 6.45) is 3.49. The van der Waals surface area contributed by atoms with E-state index >= 15 is 0 Å². The minimum Gasteiger partial charge on any atom is -0.329 e. The topological polar surface area (TPSA) is 58.4 Å². The molecule has 1 aliphatic carbocycles. The average Bonchev–Trinajstić information content (AvgIpc) is 3.03. The summed E-state index contributed by atoms with van der Waals surface area (Å²) in [6.45, 7) is 2.32. The molecule has 3 rings (SSSR count). The lowest BCUT2D eigenvalue weighted by molar-refractivity contribution is -0.117. The first-order chi connectivity index (χ1) is 11.7. The van der Waals surface area contributed by atoms with Gasteiger partial charge in [0.15, 0.2) is 0 Å². The maximum Gasteiger partial charge on any atom is 0.238 e. The number of nitrogens with zero attached hydrogens (tertiary/aromatic N) is 1. The molecule has 0 radical (unpaired) electrons. The van der Waals surface area contributed by atoms with Crippen LogP contribution in [0, 0.1) is 0 Å². The summed E-state index contributed by atoms with van der Waals surface area (Å²) < 4.78 is 0. The number of amides is 1. The van der Waals surface area contributed by atoms with Gasteiger partial charge in [0.05, 0.1) is 6.54 Å². The van der Waals surface area contributed by atoms with Gasteiger partial charge in [0.25, 0.3) is 0 Å². The monoisotopic (exact) mass is 323 g/mol. The fourth-order valence-electron chi connectivity index (χ4n) is 3.29. The largest absolute Gasteiger partial charge is 0.329 e. The summed E-state index contributed by atoms with van der Waals surface area (Å²) in [6, 6.07) is 16.4. The highest BCUT2D eigenvalue weighted by molar-refractivity contribution is 5.92. The molecule has 1 aliphatic rings. The minimum atomic E-state index is 0.0114. The number of carbonyl (C=O) groups is 1. The van der Waals surface area contributed by atoms with Crippen LogP contribution in [-0.2, 0) is 24.2 Å². The van der Waals surface area contributed by atoms with Crippen molar-refractivity contribution in [2.75, 3.05) is 25.0 Å². The van der Waals surface area contributed by atoms with E-state index in [2.05, 4.69) is 34.5 Å². The van der Waals surface area contributed by atoms with Crippen molar-refractivity contribution in [3.8, 4) is 0 Å². The predicted molar refractivity (Wildman–Crippen MR) is 97.9 cm³/mol. The zero-order chi connectivity index (χ0) is 16.8. The van der Waals surface area contributed by atoms with Crippen LogP contribution in [-0.4, -0.2) is 30.4 Å². The lowest BCUT2D eigenvalue weighted by atomic mass is 10.1.